The predicted molar refractivity (Wildman–Crippen MR) is 87.0 cm³/mol. The van der Waals surface area contributed by atoms with Crippen LogP contribution in [-0.4, -0.2) is 24.0 Å². The molecule has 0 heterocycles. The van der Waals surface area contributed by atoms with Crippen LogP contribution in [-0.2, 0) is 0 Å². The molecule has 2 heteroatoms. The lowest BCUT2D eigenvalue weighted by Gasteiger charge is -2.35. The maximum atomic E-state index is 6.49. The number of hydrogen-bond donors (Lipinski definition) is 1. The van der Waals surface area contributed by atoms with Crippen molar-refractivity contribution in [3.63, 3.8) is 0 Å². The van der Waals surface area contributed by atoms with Crippen LogP contribution in [0.15, 0.2) is 18.2 Å². The van der Waals surface area contributed by atoms with Gasteiger partial charge in [0.2, 0.25) is 0 Å². The Kier molecular flexibility index (Phi) is 5.62. The Morgan fingerprint density at radius 3 is 2.50 bits per heavy atom. The van der Waals surface area contributed by atoms with E-state index in [1.807, 2.05) is 0 Å². The lowest BCUT2D eigenvalue weighted by Crippen LogP contribution is -2.41. The normalized spacial score (nSPS) is 18.4. The molecular weight excluding hydrogens is 244 g/mol. The first-order chi connectivity index (χ1) is 9.61. The van der Waals surface area contributed by atoms with Gasteiger partial charge >= 0.3 is 0 Å². The van der Waals surface area contributed by atoms with Crippen LogP contribution in [0, 0.1) is 13.8 Å². The Labute approximate surface area is 124 Å². The number of nitrogens with zero attached hydrogens (tertiary/aromatic N) is 1. The maximum Gasteiger partial charge on any atom is 0.0427 e. The van der Waals surface area contributed by atoms with E-state index in [1.54, 1.807) is 0 Å². The van der Waals surface area contributed by atoms with Crippen molar-refractivity contribution >= 4 is 0 Å². The molecule has 0 aliphatic heterocycles. The smallest absolute Gasteiger partial charge is 0.0427 e. The van der Waals surface area contributed by atoms with Gasteiger partial charge < -0.3 is 5.73 Å². The minimum absolute atomic E-state index is 0.137. The van der Waals surface area contributed by atoms with Gasteiger partial charge in [-0.05, 0) is 44.4 Å². The van der Waals surface area contributed by atoms with Crippen molar-refractivity contribution in [2.75, 3.05) is 13.1 Å². The summed E-state index contributed by atoms with van der Waals surface area (Å²) in [5, 5.41) is 0. The van der Waals surface area contributed by atoms with Crippen LogP contribution in [0.5, 0.6) is 0 Å². The molecule has 1 aromatic rings. The summed E-state index contributed by atoms with van der Waals surface area (Å²) in [4.78, 5) is 2.60. The molecule has 1 aromatic carbocycles. The van der Waals surface area contributed by atoms with Gasteiger partial charge in [0.25, 0.3) is 0 Å². The summed E-state index contributed by atoms with van der Waals surface area (Å²) in [5.74, 6) is 0. The van der Waals surface area contributed by atoms with Gasteiger partial charge in [0.1, 0.15) is 0 Å². The molecule has 0 bridgehead atoms. The zero-order valence-electron chi connectivity index (χ0n) is 13.4. The Morgan fingerprint density at radius 1 is 1.20 bits per heavy atom. The summed E-state index contributed by atoms with van der Waals surface area (Å²) >= 11 is 0. The summed E-state index contributed by atoms with van der Waals surface area (Å²) in [5.41, 5.74) is 10.4. The summed E-state index contributed by atoms with van der Waals surface area (Å²) in [6, 6.07) is 7.53. The molecule has 0 radical (unpaired) electrons. The first-order valence-corrected chi connectivity index (χ1v) is 8.18. The third kappa shape index (κ3) is 3.83. The fraction of sp³-hybridized carbons (Fsp3) is 0.667. The first kappa shape index (κ1) is 15.5. The molecule has 1 unspecified atom stereocenters. The van der Waals surface area contributed by atoms with Crippen molar-refractivity contribution < 1.29 is 0 Å². The van der Waals surface area contributed by atoms with Crippen LogP contribution < -0.4 is 5.73 Å². The summed E-state index contributed by atoms with van der Waals surface area (Å²) < 4.78 is 0. The highest BCUT2D eigenvalue weighted by Gasteiger charge is 2.22. The summed E-state index contributed by atoms with van der Waals surface area (Å²) in [6.07, 6.45) is 6.90. The van der Waals surface area contributed by atoms with E-state index in [4.69, 9.17) is 5.73 Å². The van der Waals surface area contributed by atoms with Gasteiger partial charge in [0.05, 0.1) is 0 Å². The number of aryl methyl sites for hydroxylation is 2. The van der Waals surface area contributed by atoms with Gasteiger partial charge in [-0.2, -0.15) is 0 Å². The van der Waals surface area contributed by atoms with Crippen molar-refractivity contribution in [1.82, 2.24) is 4.90 Å². The molecule has 1 atom stereocenters. The largest absolute Gasteiger partial charge is 0.323 e. The molecule has 1 fully saturated rings. The third-order valence-corrected chi connectivity index (χ3v) is 4.75. The second-order valence-corrected chi connectivity index (χ2v) is 6.35. The lowest BCUT2D eigenvalue weighted by atomic mass is 9.93. The van der Waals surface area contributed by atoms with Crippen molar-refractivity contribution in [2.24, 2.45) is 5.73 Å². The highest BCUT2D eigenvalue weighted by Crippen LogP contribution is 2.25. The monoisotopic (exact) mass is 274 g/mol. The zero-order valence-corrected chi connectivity index (χ0v) is 13.4. The highest BCUT2D eigenvalue weighted by molar-refractivity contribution is 5.32. The Hall–Kier alpha value is -0.860. The van der Waals surface area contributed by atoms with E-state index < -0.39 is 0 Å². The molecule has 112 valence electrons. The van der Waals surface area contributed by atoms with Crippen LogP contribution >= 0.6 is 0 Å². The van der Waals surface area contributed by atoms with E-state index in [9.17, 15) is 0 Å². The molecule has 0 amide bonds. The summed E-state index contributed by atoms with van der Waals surface area (Å²) in [6.45, 7) is 8.69. The van der Waals surface area contributed by atoms with Crippen LogP contribution in [0.4, 0.5) is 0 Å². The number of nitrogens with two attached hydrogens (primary N) is 1. The lowest BCUT2D eigenvalue weighted by molar-refractivity contribution is 0.155. The molecule has 20 heavy (non-hydrogen) atoms. The number of hydrogen-bond acceptors (Lipinski definition) is 2. The number of rotatable bonds is 5. The van der Waals surface area contributed by atoms with Crippen molar-refractivity contribution in [2.45, 2.75) is 65.0 Å². The van der Waals surface area contributed by atoms with Crippen LogP contribution in [0.25, 0.3) is 0 Å². The summed E-state index contributed by atoms with van der Waals surface area (Å²) in [7, 11) is 0. The average Bonchev–Trinajstić information content (AvgIpc) is 2.45. The fourth-order valence-electron chi connectivity index (χ4n) is 3.58. The zero-order chi connectivity index (χ0) is 14.5. The third-order valence-electron chi connectivity index (χ3n) is 4.75. The molecule has 2 N–H and O–H groups in total. The standard InChI is InChI=1S/C18H30N2/c1-4-20(16-8-6-5-7-9-16)13-18(19)17-11-10-14(2)12-15(17)3/h10-12,16,18H,4-9,13,19H2,1-3H3. The van der Waals surface area contributed by atoms with E-state index in [0.29, 0.717) is 0 Å². The second kappa shape index (κ2) is 7.24. The minimum Gasteiger partial charge on any atom is -0.323 e. The molecule has 0 saturated heterocycles. The molecule has 0 aromatic heterocycles. The van der Waals surface area contributed by atoms with E-state index in [-0.39, 0.29) is 6.04 Å². The minimum atomic E-state index is 0.137. The van der Waals surface area contributed by atoms with Crippen molar-refractivity contribution in [3.8, 4) is 0 Å². The molecule has 1 aliphatic carbocycles. The Morgan fingerprint density at radius 2 is 1.90 bits per heavy atom. The molecule has 1 aliphatic rings. The van der Waals surface area contributed by atoms with Gasteiger partial charge in [-0.15, -0.1) is 0 Å². The Balaban J connectivity index is 2.02. The van der Waals surface area contributed by atoms with Gasteiger partial charge in [-0.3, -0.25) is 4.90 Å². The quantitative estimate of drug-likeness (QED) is 0.880. The van der Waals surface area contributed by atoms with E-state index in [0.717, 1.165) is 19.1 Å². The van der Waals surface area contributed by atoms with Gasteiger partial charge in [-0.1, -0.05) is 49.9 Å². The van der Waals surface area contributed by atoms with E-state index >= 15 is 0 Å². The van der Waals surface area contributed by atoms with E-state index in [1.165, 1.54) is 48.8 Å². The second-order valence-electron chi connectivity index (χ2n) is 6.35. The highest BCUT2D eigenvalue weighted by atomic mass is 15.2. The van der Waals surface area contributed by atoms with Crippen LogP contribution in [0.3, 0.4) is 0 Å². The number of likely N-dealkylation sites (N-methyl/N-ethyl adjacent to an activating group) is 1. The fourth-order valence-corrected chi connectivity index (χ4v) is 3.58. The van der Waals surface area contributed by atoms with Crippen LogP contribution in [0.2, 0.25) is 0 Å². The van der Waals surface area contributed by atoms with Gasteiger partial charge in [0.15, 0.2) is 0 Å². The molecule has 2 rings (SSSR count). The SMILES string of the molecule is CCN(CC(N)c1ccc(C)cc1C)C1CCCCC1. The molecular formula is C18H30N2. The molecule has 0 spiro atoms. The Bertz CT molecular complexity index is 421. The van der Waals surface area contributed by atoms with Crippen LogP contribution in [0.1, 0.15) is 61.8 Å². The molecule has 1 saturated carbocycles. The molecule has 2 nitrogen and oxygen atoms in total. The maximum absolute atomic E-state index is 6.49. The average molecular weight is 274 g/mol. The number of benzene rings is 1. The van der Waals surface area contributed by atoms with Gasteiger partial charge in [0, 0.05) is 18.6 Å². The van der Waals surface area contributed by atoms with Crippen molar-refractivity contribution in [1.29, 1.82) is 0 Å². The topological polar surface area (TPSA) is 29.3 Å². The van der Waals surface area contributed by atoms with Crippen molar-refractivity contribution in [3.05, 3.63) is 34.9 Å². The van der Waals surface area contributed by atoms with Gasteiger partial charge in [-0.25, -0.2) is 0 Å². The van der Waals surface area contributed by atoms with E-state index in [2.05, 4.69) is 43.9 Å². The first-order valence-electron chi connectivity index (χ1n) is 8.18. The predicted octanol–water partition coefficient (Wildman–Crippen LogP) is 3.96.